The molecule has 0 bridgehead atoms. The van der Waals surface area contributed by atoms with Crippen molar-refractivity contribution in [3.05, 3.63) is 63.0 Å². The molecule has 2 aliphatic carbocycles. The van der Waals surface area contributed by atoms with Crippen LogP contribution in [0.5, 0.6) is 0 Å². The molecule has 6 rings (SSSR count). The Morgan fingerprint density at radius 1 is 1.16 bits per heavy atom. The first-order valence-corrected chi connectivity index (χ1v) is 13.8. The molecule has 192 valence electrons. The summed E-state index contributed by atoms with van der Waals surface area (Å²) in [5.74, 6) is 1.01. The number of fused-ring (bicyclic) bond motifs is 1. The van der Waals surface area contributed by atoms with Crippen LogP contribution >= 0.6 is 23.4 Å². The number of nitrogens with zero attached hydrogens (tertiary/aromatic N) is 4. The van der Waals surface area contributed by atoms with Gasteiger partial charge in [0.05, 0.1) is 5.02 Å². The van der Waals surface area contributed by atoms with Gasteiger partial charge in [-0.3, -0.25) is 14.2 Å². The van der Waals surface area contributed by atoms with Gasteiger partial charge >= 0.3 is 0 Å². The number of piperidine rings is 1. The van der Waals surface area contributed by atoms with Crippen LogP contribution < -0.4 is 21.5 Å². The summed E-state index contributed by atoms with van der Waals surface area (Å²) in [6, 6.07) is 10.4. The number of benzene rings is 1. The topological polar surface area (TPSA) is 106 Å². The molecule has 3 aliphatic rings. The van der Waals surface area contributed by atoms with E-state index in [1.165, 1.54) is 11.1 Å². The van der Waals surface area contributed by atoms with Crippen molar-refractivity contribution in [1.29, 1.82) is 0 Å². The molecule has 1 aromatic carbocycles. The highest BCUT2D eigenvalue weighted by Gasteiger charge is 2.40. The van der Waals surface area contributed by atoms with Crippen molar-refractivity contribution in [2.24, 2.45) is 18.4 Å². The number of hydrogen-bond donors (Lipinski definition) is 2. The van der Waals surface area contributed by atoms with E-state index in [2.05, 4.69) is 44.5 Å². The van der Waals surface area contributed by atoms with E-state index in [1.807, 2.05) is 0 Å². The zero-order chi connectivity index (χ0) is 25.7. The third-order valence-electron chi connectivity index (χ3n) is 7.86. The Morgan fingerprint density at radius 2 is 1.84 bits per heavy atom. The summed E-state index contributed by atoms with van der Waals surface area (Å²) >= 11 is 7.69. The Kier molecular flexibility index (Phi) is 6.15. The summed E-state index contributed by atoms with van der Waals surface area (Å²) in [4.78, 5) is 37.5. The number of rotatable bonds is 5. The third kappa shape index (κ3) is 4.59. The van der Waals surface area contributed by atoms with Crippen LogP contribution in [-0.4, -0.2) is 33.5 Å². The molecule has 0 radical (unpaired) electrons. The fraction of sp³-hybridized carbons (Fsp3) is 0.407. The first kappa shape index (κ1) is 24.3. The largest absolute Gasteiger partial charge is 0.382 e. The van der Waals surface area contributed by atoms with Gasteiger partial charge in [0.15, 0.2) is 5.82 Å². The average molecular weight is 537 g/mol. The fourth-order valence-corrected chi connectivity index (χ4v) is 6.72. The summed E-state index contributed by atoms with van der Waals surface area (Å²) in [7, 11) is 1.74. The maximum atomic E-state index is 13.4. The number of aromatic nitrogens is 3. The molecule has 1 saturated carbocycles. The van der Waals surface area contributed by atoms with Gasteiger partial charge in [0, 0.05) is 37.1 Å². The van der Waals surface area contributed by atoms with Gasteiger partial charge in [-0.05, 0) is 61.1 Å². The highest BCUT2D eigenvalue weighted by molar-refractivity contribution is 7.99. The van der Waals surface area contributed by atoms with Gasteiger partial charge < -0.3 is 16.0 Å². The maximum Gasteiger partial charge on any atom is 0.270 e. The average Bonchev–Trinajstić information content (AvgIpc) is 3.68. The van der Waals surface area contributed by atoms with E-state index in [-0.39, 0.29) is 28.2 Å². The molecule has 1 spiro atoms. The van der Waals surface area contributed by atoms with E-state index < -0.39 is 0 Å². The summed E-state index contributed by atoms with van der Waals surface area (Å²) in [6.07, 6.45) is 7.67. The minimum absolute atomic E-state index is 0.0301. The van der Waals surface area contributed by atoms with Gasteiger partial charge in [-0.15, -0.1) is 0 Å². The normalized spacial score (nSPS) is 18.2. The van der Waals surface area contributed by atoms with E-state index in [1.54, 1.807) is 23.9 Å². The van der Waals surface area contributed by atoms with Crippen LogP contribution in [0.15, 0.2) is 51.1 Å². The first-order chi connectivity index (χ1) is 17.8. The second kappa shape index (κ2) is 9.36. The lowest BCUT2D eigenvalue weighted by atomic mass is 9.76. The van der Waals surface area contributed by atoms with E-state index in [9.17, 15) is 9.59 Å². The van der Waals surface area contributed by atoms with E-state index in [0.717, 1.165) is 63.4 Å². The minimum Gasteiger partial charge on any atom is -0.382 e. The standard InChI is InChI=1S/C27H29ClN6O2S/c1-33-25(36)21(37-19-8-11-30-23(20(19)28)32-24(35)16-6-7-16)22(29)31-26(33)34-12-9-27(10-13-34)14-17-4-2-3-5-18(17)15-27/h2-5,8,11,16H,6-7,9-10,12-15,29H2,1H3,(H,30,32,35). The number of hydrogen-bond acceptors (Lipinski definition) is 7. The number of anilines is 3. The van der Waals surface area contributed by atoms with Crippen molar-refractivity contribution in [3.63, 3.8) is 0 Å². The van der Waals surface area contributed by atoms with Crippen LogP contribution in [0.3, 0.4) is 0 Å². The predicted molar refractivity (Wildman–Crippen MR) is 146 cm³/mol. The summed E-state index contributed by atoms with van der Waals surface area (Å²) in [5, 5.41) is 3.07. The Bertz CT molecular complexity index is 1420. The number of nitrogens with two attached hydrogens (primary N) is 1. The lowest BCUT2D eigenvalue weighted by Gasteiger charge is -2.40. The maximum absolute atomic E-state index is 13.4. The molecule has 8 nitrogen and oxygen atoms in total. The molecule has 1 amide bonds. The van der Waals surface area contributed by atoms with Crippen LogP contribution in [0.25, 0.3) is 0 Å². The minimum atomic E-state index is -0.225. The highest BCUT2D eigenvalue weighted by Crippen LogP contribution is 2.45. The molecule has 3 aromatic rings. The number of halogens is 1. The fourth-order valence-electron chi connectivity index (χ4n) is 5.54. The molecule has 10 heteroatoms. The molecule has 2 fully saturated rings. The zero-order valence-corrected chi connectivity index (χ0v) is 22.2. The Balaban J connectivity index is 1.19. The number of carbonyl (C=O) groups is 1. The van der Waals surface area contributed by atoms with Crippen molar-refractivity contribution in [2.45, 2.75) is 48.3 Å². The number of carbonyl (C=O) groups excluding carboxylic acids is 1. The van der Waals surface area contributed by atoms with Gasteiger partial charge in [0.1, 0.15) is 10.7 Å². The zero-order valence-electron chi connectivity index (χ0n) is 20.7. The molecule has 37 heavy (non-hydrogen) atoms. The summed E-state index contributed by atoms with van der Waals surface area (Å²) in [5.41, 5.74) is 9.35. The number of amides is 1. The Hall–Kier alpha value is -3.04. The van der Waals surface area contributed by atoms with Crippen LogP contribution in [-0.2, 0) is 24.7 Å². The molecule has 0 unspecified atom stereocenters. The Labute approximate surface area is 224 Å². The van der Waals surface area contributed by atoms with Gasteiger partial charge in [0.2, 0.25) is 11.9 Å². The monoisotopic (exact) mass is 536 g/mol. The second-order valence-corrected chi connectivity index (χ2v) is 11.9. The number of pyridine rings is 1. The SMILES string of the molecule is Cn1c(N2CCC3(CC2)Cc2ccccc2C3)nc(N)c(Sc2ccnc(NC(=O)C3CC3)c2Cl)c1=O. The molecule has 3 heterocycles. The summed E-state index contributed by atoms with van der Waals surface area (Å²) < 4.78 is 1.57. The lowest BCUT2D eigenvalue weighted by Crippen LogP contribution is -2.43. The lowest BCUT2D eigenvalue weighted by molar-refractivity contribution is -0.117. The number of nitrogen functional groups attached to an aromatic ring is 1. The highest BCUT2D eigenvalue weighted by atomic mass is 35.5. The number of nitrogens with one attached hydrogen (secondary N) is 1. The third-order valence-corrected chi connectivity index (χ3v) is 9.51. The molecular weight excluding hydrogens is 508 g/mol. The van der Waals surface area contributed by atoms with Crippen LogP contribution in [0, 0.1) is 11.3 Å². The van der Waals surface area contributed by atoms with Gasteiger partial charge in [-0.25, -0.2) is 4.98 Å². The van der Waals surface area contributed by atoms with Crippen LogP contribution in [0.1, 0.15) is 36.8 Å². The Morgan fingerprint density at radius 3 is 2.49 bits per heavy atom. The van der Waals surface area contributed by atoms with Crippen molar-refractivity contribution in [2.75, 3.05) is 29.0 Å². The van der Waals surface area contributed by atoms with Crippen LogP contribution in [0.4, 0.5) is 17.6 Å². The molecule has 1 aliphatic heterocycles. The molecule has 2 aromatic heterocycles. The van der Waals surface area contributed by atoms with E-state index in [4.69, 9.17) is 17.3 Å². The van der Waals surface area contributed by atoms with Gasteiger partial charge in [-0.2, -0.15) is 4.98 Å². The predicted octanol–water partition coefficient (Wildman–Crippen LogP) is 4.30. The summed E-state index contributed by atoms with van der Waals surface area (Å²) in [6.45, 7) is 1.67. The van der Waals surface area contributed by atoms with Crippen molar-refractivity contribution in [1.82, 2.24) is 14.5 Å². The molecular formula is C27H29ClN6O2S. The van der Waals surface area contributed by atoms with Crippen LogP contribution in [0.2, 0.25) is 5.02 Å². The smallest absolute Gasteiger partial charge is 0.270 e. The quantitative estimate of drug-likeness (QED) is 0.501. The van der Waals surface area contributed by atoms with Crippen molar-refractivity contribution >= 4 is 46.9 Å². The van der Waals surface area contributed by atoms with E-state index >= 15 is 0 Å². The van der Waals surface area contributed by atoms with E-state index in [0.29, 0.717) is 27.0 Å². The first-order valence-electron chi connectivity index (χ1n) is 12.6. The van der Waals surface area contributed by atoms with Crippen molar-refractivity contribution in [3.8, 4) is 0 Å². The molecule has 0 atom stereocenters. The van der Waals surface area contributed by atoms with Gasteiger partial charge in [0.25, 0.3) is 5.56 Å². The van der Waals surface area contributed by atoms with Crippen molar-refractivity contribution < 1.29 is 4.79 Å². The second-order valence-electron chi connectivity index (χ2n) is 10.4. The van der Waals surface area contributed by atoms with Gasteiger partial charge in [-0.1, -0.05) is 47.6 Å². The molecule has 3 N–H and O–H groups in total. The molecule has 1 saturated heterocycles.